The average Bonchev–Trinajstić information content (AvgIpc) is 2.79. The van der Waals surface area contributed by atoms with E-state index in [1.165, 1.54) is 13.2 Å². The summed E-state index contributed by atoms with van der Waals surface area (Å²) in [6.07, 6.45) is 3.05. The van der Waals surface area contributed by atoms with E-state index in [2.05, 4.69) is 16.1 Å². The zero-order valence-electron chi connectivity index (χ0n) is 9.43. The Labute approximate surface area is 99.5 Å². The van der Waals surface area contributed by atoms with E-state index in [4.69, 9.17) is 5.26 Å². The van der Waals surface area contributed by atoms with Crippen LogP contribution in [0.1, 0.15) is 17.0 Å². The lowest BCUT2D eigenvalue weighted by atomic mass is 9.96. The van der Waals surface area contributed by atoms with Crippen LogP contribution < -0.4 is 5.32 Å². The van der Waals surface area contributed by atoms with Gasteiger partial charge in [0, 0.05) is 23.9 Å². The van der Waals surface area contributed by atoms with Crippen molar-refractivity contribution in [3.05, 3.63) is 35.4 Å². The Morgan fingerprint density at radius 3 is 3.18 bits per heavy atom. The van der Waals surface area contributed by atoms with Crippen molar-refractivity contribution in [2.45, 2.75) is 5.92 Å². The molecule has 0 spiro atoms. The molecule has 4 heteroatoms. The number of rotatable bonds is 2. The lowest BCUT2D eigenvalue weighted by Crippen LogP contribution is -1.99. The average molecular weight is 228 g/mol. The highest BCUT2D eigenvalue weighted by atomic mass is 16.5. The van der Waals surface area contributed by atoms with E-state index in [-0.39, 0.29) is 5.92 Å². The van der Waals surface area contributed by atoms with Crippen LogP contribution in [0.3, 0.4) is 0 Å². The highest BCUT2D eigenvalue weighted by Gasteiger charge is 2.23. The van der Waals surface area contributed by atoms with Crippen LogP contribution >= 0.6 is 0 Å². The molecule has 86 valence electrons. The number of carbonyl (C=O) groups is 1. The number of fused-ring (bicyclic) bond motifs is 1. The minimum absolute atomic E-state index is 0.163. The van der Waals surface area contributed by atoms with Crippen molar-refractivity contribution in [1.82, 2.24) is 0 Å². The third kappa shape index (κ3) is 2.13. The monoisotopic (exact) mass is 228 g/mol. The van der Waals surface area contributed by atoms with Crippen molar-refractivity contribution in [2.75, 3.05) is 19.0 Å². The van der Waals surface area contributed by atoms with Crippen molar-refractivity contribution in [1.29, 1.82) is 5.26 Å². The van der Waals surface area contributed by atoms with Gasteiger partial charge >= 0.3 is 5.97 Å². The summed E-state index contributed by atoms with van der Waals surface area (Å²) < 4.78 is 4.54. The van der Waals surface area contributed by atoms with Gasteiger partial charge in [-0.3, -0.25) is 0 Å². The first kappa shape index (κ1) is 11.2. The summed E-state index contributed by atoms with van der Waals surface area (Å²) in [5.74, 6) is -0.564. The van der Waals surface area contributed by atoms with Gasteiger partial charge in [-0.1, -0.05) is 12.1 Å². The van der Waals surface area contributed by atoms with E-state index in [0.717, 1.165) is 16.8 Å². The molecule has 0 bridgehead atoms. The lowest BCUT2D eigenvalue weighted by molar-refractivity contribution is -0.134. The Morgan fingerprint density at radius 1 is 1.65 bits per heavy atom. The van der Waals surface area contributed by atoms with Gasteiger partial charge < -0.3 is 10.1 Å². The van der Waals surface area contributed by atoms with E-state index in [1.807, 2.05) is 18.2 Å². The molecular weight excluding hydrogens is 216 g/mol. The molecule has 1 aliphatic rings. The summed E-state index contributed by atoms with van der Waals surface area (Å²) in [4.78, 5) is 11.0. The highest BCUT2D eigenvalue weighted by molar-refractivity contribution is 5.88. The number of anilines is 1. The van der Waals surface area contributed by atoms with Crippen LogP contribution in [0, 0.1) is 11.3 Å². The maximum Gasteiger partial charge on any atom is 0.330 e. The summed E-state index contributed by atoms with van der Waals surface area (Å²) in [5, 5.41) is 12.2. The summed E-state index contributed by atoms with van der Waals surface area (Å²) in [6.45, 7) is 0.620. The van der Waals surface area contributed by atoms with Gasteiger partial charge in [-0.25, -0.2) is 4.79 Å². The molecule has 0 amide bonds. The smallest absolute Gasteiger partial charge is 0.330 e. The predicted octanol–water partition coefficient (Wildman–Crippen LogP) is 1.91. The van der Waals surface area contributed by atoms with Gasteiger partial charge in [-0.15, -0.1) is 0 Å². The molecule has 17 heavy (non-hydrogen) atoms. The van der Waals surface area contributed by atoms with Gasteiger partial charge in [0.05, 0.1) is 19.1 Å². The number of nitrogens with zero attached hydrogens (tertiary/aromatic N) is 1. The Bertz CT molecular complexity index is 515. The fraction of sp³-hybridized carbons (Fsp3) is 0.231. The first-order chi connectivity index (χ1) is 8.26. The van der Waals surface area contributed by atoms with Gasteiger partial charge in [0.25, 0.3) is 0 Å². The first-order valence-corrected chi connectivity index (χ1v) is 5.28. The molecule has 4 nitrogen and oxygen atoms in total. The van der Waals surface area contributed by atoms with Crippen LogP contribution in [-0.4, -0.2) is 19.6 Å². The van der Waals surface area contributed by atoms with Crippen molar-refractivity contribution in [3.8, 4) is 6.07 Å². The zero-order valence-corrected chi connectivity index (χ0v) is 9.43. The minimum Gasteiger partial charge on any atom is -0.466 e. The maximum atomic E-state index is 11.0. The second-order valence-corrected chi connectivity index (χ2v) is 3.73. The highest BCUT2D eigenvalue weighted by Crippen LogP contribution is 2.34. The number of nitriles is 1. The van der Waals surface area contributed by atoms with E-state index in [1.54, 1.807) is 6.08 Å². The maximum absolute atomic E-state index is 11.0. The number of methoxy groups -OCH3 is 1. The standard InChI is InChI=1S/C13H12N2O2/c1-17-12(16)6-5-9-3-2-4-11-13(9)10(7-14)8-15-11/h2-6,10,15H,8H2,1H3/b6-5-. The number of benzene rings is 1. The molecule has 1 N–H and O–H groups in total. The Morgan fingerprint density at radius 2 is 2.47 bits per heavy atom. The van der Waals surface area contributed by atoms with Crippen molar-refractivity contribution < 1.29 is 9.53 Å². The number of ether oxygens (including phenoxy) is 1. The Hall–Kier alpha value is -2.28. The topological polar surface area (TPSA) is 62.1 Å². The van der Waals surface area contributed by atoms with Crippen LogP contribution in [0.25, 0.3) is 6.08 Å². The summed E-state index contributed by atoms with van der Waals surface area (Å²) in [7, 11) is 1.34. The minimum atomic E-state index is -0.401. The van der Waals surface area contributed by atoms with Gasteiger partial charge in [-0.05, 0) is 17.7 Å². The molecule has 0 fully saturated rings. The second kappa shape index (κ2) is 4.71. The number of esters is 1. The molecular formula is C13H12N2O2. The molecule has 0 saturated carbocycles. The zero-order chi connectivity index (χ0) is 12.3. The lowest BCUT2D eigenvalue weighted by Gasteiger charge is -2.05. The van der Waals surface area contributed by atoms with Crippen LogP contribution in [0.15, 0.2) is 24.3 Å². The van der Waals surface area contributed by atoms with Crippen molar-refractivity contribution >= 4 is 17.7 Å². The fourth-order valence-electron chi connectivity index (χ4n) is 1.92. The Kier molecular flexibility index (Phi) is 3.10. The third-order valence-corrected chi connectivity index (χ3v) is 2.74. The van der Waals surface area contributed by atoms with Gasteiger partial charge in [0.15, 0.2) is 0 Å². The van der Waals surface area contributed by atoms with Gasteiger partial charge in [0.2, 0.25) is 0 Å². The third-order valence-electron chi connectivity index (χ3n) is 2.74. The molecule has 1 heterocycles. The van der Waals surface area contributed by atoms with Crippen LogP contribution in [0.2, 0.25) is 0 Å². The first-order valence-electron chi connectivity index (χ1n) is 5.28. The molecule has 0 aromatic heterocycles. The second-order valence-electron chi connectivity index (χ2n) is 3.73. The number of nitrogens with one attached hydrogen (secondary N) is 1. The summed E-state index contributed by atoms with van der Waals surface area (Å²) >= 11 is 0. The number of carbonyl (C=O) groups excluding carboxylic acids is 1. The summed E-state index contributed by atoms with van der Waals surface area (Å²) in [5.41, 5.74) is 2.79. The molecule has 0 saturated heterocycles. The van der Waals surface area contributed by atoms with E-state index in [9.17, 15) is 4.79 Å². The van der Waals surface area contributed by atoms with Gasteiger partial charge in [-0.2, -0.15) is 5.26 Å². The fourth-order valence-corrected chi connectivity index (χ4v) is 1.92. The predicted molar refractivity (Wildman–Crippen MR) is 64.3 cm³/mol. The van der Waals surface area contributed by atoms with Crippen LogP contribution in [0.5, 0.6) is 0 Å². The quantitative estimate of drug-likeness (QED) is 0.620. The van der Waals surface area contributed by atoms with Crippen molar-refractivity contribution in [3.63, 3.8) is 0 Å². The SMILES string of the molecule is COC(=O)/C=C\c1cccc2c1C(C#N)CN2. The molecule has 1 aliphatic heterocycles. The van der Waals surface area contributed by atoms with Gasteiger partial charge in [0.1, 0.15) is 0 Å². The van der Waals surface area contributed by atoms with Crippen molar-refractivity contribution in [2.24, 2.45) is 0 Å². The number of hydrogen-bond acceptors (Lipinski definition) is 4. The molecule has 1 atom stereocenters. The van der Waals surface area contributed by atoms with Crippen LogP contribution in [-0.2, 0) is 9.53 Å². The Balaban J connectivity index is 2.37. The van der Waals surface area contributed by atoms with E-state index >= 15 is 0 Å². The molecule has 2 rings (SSSR count). The van der Waals surface area contributed by atoms with Crippen LogP contribution in [0.4, 0.5) is 5.69 Å². The largest absolute Gasteiger partial charge is 0.466 e. The molecule has 0 radical (unpaired) electrons. The number of hydrogen-bond donors (Lipinski definition) is 1. The molecule has 1 aromatic carbocycles. The molecule has 0 aliphatic carbocycles. The molecule has 1 unspecified atom stereocenters. The summed E-state index contributed by atoms with van der Waals surface area (Å²) in [6, 6.07) is 7.96. The normalized spacial score (nSPS) is 17.3. The van der Waals surface area contributed by atoms with E-state index < -0.39 is 5.97 Å². The van der Waals surface area contributed by atoms with E-state index in [0.29, 0.717) is 6.54 Å². The molecule has 1 aromatic rings.